The van der Waals surface area contributed by atoms with Gasteiger partial charge in [-0.05, 0) is 18.4 Å². The third-order valence-corrected chi connectivity index (χ3v) is 4.48. The van der Waals surface area contributed by atoms with Crippen molar-refractivity contribution in [1.29, 1.82) is 0 Å². The quantitative estimate of drug-likeness (QED) is 0.837. The van der Waals surface area contributed by atoms with Gasteiger partial charge in [0, 0.05) is 32.1 Å². The van der Waals surface area contributed by atoms with Crippen molar-refractivity contribution in [2.24, 2.45) is 5.92 Å². The second kappa shape index (κ2) is 7.97. The molecule has 0 aromatic heterocycles. The number of rotatable bonds is 5. The molecule has 120 valence electrons. The van der Waals surface area contributed by atoms with Gasteiger partial charge < -0.3 is 9.80 Å². The zero-order valence-electron chi connectivity index (χ0n) is 13.6. The van der Waals surface area contributed by atoms with E-state index in [2.05, 4.69) is 13.8 Å². The molecule has 0 atom stereocenters. The summed E-state index contributed by atoms with van der Waals surface area (Å²) in [5, 5.41) is 0. The van der Waals surface area contributed by atoms with E-state index in [0.29, 0.717) is 32.6 Å². The lowest BCUT2D eigenvalue weighted by atomic mass is 10.0. The first-order valence-corrected chi connectivity index (χ1v) is 8.26. The van der Waals surface area contributed by atoms with Crippen molar-refractivity contribution >= 4 is 11.8 Å². The van der Waals surface area contributed by atoms with Crippen LogP contribution in [0.4, 0.5) is 0 Å². The first-order valence-electron chi connectivity index (χ1n) is 8.26. The summed E-state index contributed by atoms with van der Waals surface area (Å²) < 4.78 is 0. The van der Waals surface area contributed by atoms with E-state index in [0.717, 1.165) is 18.4 Å². The minimum atomic E-state index is 0.131. The maximum absolute atomic E-state index is 12.4. The molecule has 4 nitrogen and oxygen atoms in total. The Hall–Kier alpha value is -1.84. The molecule has 1 heterocycles. The smallest absolute Gasteiger partial charge is 0.227 e. The van der Waals surface area contributed by atoms with Crippen LogP contribution in [0.2, 0.25) is 0 Å². The van der Waals surface area contributed by atoms with Gasteiger partial charge in [0.25, 0.3) is 0 Å². The lowest BCUT2D eigenvalue weighted by Crippen LogP contribution is -2.52. The Balaban J connectivity index is 1.84. The molecule has 0 bridgehead atoms. The van der Waals surface area contributed by atoms with Gasteiger partial charge in [0.1, 0.15) is 0 Å². The van der Waals surface area contributed by atoms with Gasteiger partial charge in [-0.1, -0.05) is 44.2 Å². The molecule has 0 unspecified atom stereocenters. The zero-order valence-corrected chi connectivity index (χ0v) is 13.6. The van der Waals surface area contributed by atoms with Crippen LogP contribution in [0.15, 0.2) is 30.3 Å². The first kappa shape index (κ1) is 16.5. The van der Waals surface area contributed by atoms with Crippen molar-refractivity contribution in [3.63, 3.8) is 0 Å². The molecule has 1 aliphatic rings. The Kier molecular flexibility index (Phi) is 5.99. The largest absolute Gasteiger partial charge is 0.339 e. The van der Waals surface area contributed by atoms with E-state index in [1.807, 2.05) is 40.1 Å². The molecule has 1 aromatic rings. The van der Waals surface area contributed by atoms with Crippen molar-refractivity contribution in [1.82, 2.24) is 9.80 Å². The highest BCUT2D eigenvalue weighted by molar-refractivity contribution is 5.81. The summed E-state index contributed by atoms with van der Waals surface area (Å²) in [5.41, 5.74) is 1.04. The Bertz CT molecular complexity index is 489. The molecule has 0 spiro atoms. The minimum Gasteiger partial charge on any atom is -0.339 e. The van der Waals surface area contributed by atoms with E-state index < -0.39 is 0 Å². The van der Waals surface area contributed by atoms with Crippen LogP contribution in [0.1, 0.15) is 32.3 Å². The van der Waals surface area contributed by atoms with Crippen LogP contribution in [0.25, 0.3) is 0 Å². The third kappa shape index (κ3) is 4.09. The van der Waals surface area contributed by atoms with Crippen LogP contribution in [-0.4, -0.2) is 47.8 Å². The normalized spacial score (nSPS) is 15.2. The van der Waals surface area contributed by atoms with E-state index in [1.54, 1.807) is 0 Å². The molecule has 0 aliphatic carbocycles. The number of carbonyl (C=O) groups excluding carboxylic acids is 2. The molecule has 0 radical (unpaired) electrons. The lowest BCUT2D eigenvalue weighted by Gasteiger charge is -2.36. The zero-order chi connectivity index (χ0) is 15.9. The van der Waals surface area contributed by atoms with Gasteiger partial charge in [-0.3, -0.25) is 9.59 Å². The second-order valence-corrected chi connectivity index (χ2v) is 5.88. The third-order valence-electron chi connectivity index (χ3n) is 4.48. The number of hydrogen-bond acceptors (Lipinski definition) is 2. The molecule has 4 heteroatoms. The van der Waals surface area contributed by atoms with E-state index >= 15 is 0 Å². The SMILES string of the molecule is CCC(CC)C(=O)N1CCN(C(=O)Cc2ccccc2)CC1. The summed E-state index contributed by atoms with van der Waals surface area (Å²) in [6.45, 7) is 6.75. The fraction of sp³-hybridized carbons (Fsp3) is 0.556. The Morgan fingerprint density at radius 2 is 1.50 bits per heavy atom. The summed E-state index contributed by atoms with van der Waals surface area (Å²) in [7, 11) is 0. The van der Waals surface area contributed by atoms with Gasteiger partial charge in [0.2, 0.25) is 11.8 Å². The highest BCUT2D eigenvalue weighted by Crippen LogP contribution is 2.14. The van der Waals surface area contributed by atoms with Gasteiger partial charge >= 0.3 is 0 Å². The average molecular weight is 302 g/mol. The molecule has 0 saturated carbocycles. The molecule has 1 fully saturated rings. The summed E-state index contributed by atoms with van der Waals surface area (Å²) in [4.78, 5) is 28.5. The minimum absolute atomic E-state index is 0.131. The van der Waals surface area contributed by atoms with Crippen LogP contribution in [0, 0.1) is 5.92 Å². The molecule has 22 heavy (non-hydrogen) atoms. The summed E-state index contributed by atoms with van der Waals surface area (Å²) in [5.74, 6) is 0.535. The van der Waals surface area contributed by atoms with Crippen molar-refractivity contribution in [2.75, 3.05) is 26.2 Å². The Labute approximate surface area is 133 Å². The van der Waals surface area contributed by atoms with Gasteiger partial charge in [-0.15, -0.1) is 0 Å². The predicted molar refractivity (Wildman–Crippen MR) is 87.4 cm³/mol. The van der Waals surface area contributed by atoms with E-state index in [9.17, 15) is 9.59 Å². The Morgan fingerprint density at radius 1 is 0.955 bits per heavy atom. The predicted octanol–water partition coefficient (Wildman–Crippen LogP) is 2.34. The molecule has 1 aromatic carbocycles. The standard InChI is InChI=1S/C18H26N2O2/c1-3-16(4-2)18(22)20-12-10-19(11-13-20)17(21)14-15-8-6-5-7-9-15/h5-9,16H,3-4,10-14H2,1-2H3. The van der Waals surface area contributed by atoms with E-state index in [-0.39, 0.29) is 17.7 Å². The van der Waals surface area contributed by atoms with Crippen LogP contribution in [0.5, 0.6) is 0 Å². The monoisotopic (exact) mass is 302 g/mol. The molecule has 1 saturated heterocycles. The van der Waals surface area contributed by atoms with Gasteiger partial charge in [-0.25, -0.2) is 0 Å². The number of benzene rings is 1. The molecule has 0 N–H and O–H groups in total. The summed E-state index contributed by atoms with van der Waals surface area (Å²) in [6, 6.07) is 9.81. The fourth-order valence-electron chi connectivity index (χ4n) is 2.95. The van der Waals surface area contributed by atoms with Gasteiger partial charge in [0.05, 0.1) is 6.42 Å². The van der Waals surface area contributed by atoms with Crippen molar-refractivity contribution in [3.8, 4) is 0 Å². The first-order chi connectivity index (χ1) is 10.7. The molecular weight excluding hydrogens is 276 g/mol. The van der Waals surface area contributed by atoms with Crippen LogP contribution in [0.3, 0.4) is 0 Å². The van der Waals surface area contributed by atoms with Gasteiger partial charge in [-0.2, -0.15) is 0 Å². The van der Waals surface area contributed by atoms with E-state index in [4.69, 9.17) is 0 Å². The fourth-order valence-corrected chi connectivity index (χ4v) is 2.95. The lowest BCUT2D eigenvalue weighted by molar-refractivity contribution is -0.142. The number of hydrogen-bond donors (Lipinski definition) is 0. The summed E-state index contributed by atoms with van der Waals surface area (Å²) >= 11 is 0. The molecule has 2 amide bonds. The van der Waals surface area contributed by atoms with Gasteiger partial charge in [0.15, 0.2) is 0 Å². The average Bonchev–Trinajstić information content (AvgIpc) is 2.57. The number of carbonyl (C=O) groups is 2. The Morgan fingerprint density at radius 3 is 2.05 bits per heavy atom. The van der Waals surface area contributed by atoms with Crippen molar-refractivity contribution in [2.45, 2.75) is 33.1 Å². The van der Waals surface area contributed by atoms with Crippen LogP contribution >= 0.6 is 0 Å². The number of amides is 2. The molecular formula is C18H26N2O2. The highest BCUT2D eigenvalue weighted by Gasteiger charge is 2.27. The maximum atomic E-state index is 12.4. The second-order valence-electron chi connectivity index (χ2n) is 5.88. The number of piperazine rings is 1. The molecule has 2 rings (SSSR count). The van der Waals surface area contributed by atoms with Crippen molar-refractivity contribution in [3.05, 3.63) is 35.9 Å². The summed E-state index contributed by atoms with van der Waals surface area (Å²) in [6.07, 6.45) is 2.23. The van der Waals surface area contributed by atoms with Crippen LogP contribution < -0.4 is 0 Å². The maximum Gasteiger partial charge on any atom is 0.227 e. The topological polar surface area (TPSA) is 40.6 Å². The number of nitrogens with zero attached hydrogens (tertiary/aromatic N) is 2. The van der Waals surface area contributed by atoms with Crippen LogP contribution in [-0.2, 0) is 16.0 Å². The highest BCUT2D eigenvalue weighted by atomic mass is 16.2. The molecule has 1 aliphatic heterocycles. The van der Waals surface area contributed by atoms with Crippen molar-refractivity contribution < 1.29 is 9.59 Å². The van der Waals surface area contributed by atoms with E-state index in [1.165, 1.54) is 0 Å².